The number of nitrogens with two attached hydrogens (primary N) is 1. The van der Waals surface area contributed by atoms with Gasteiger partial charge in [0.25, 0.3) is 5.91 Å². The van der Waals surface area contributed by atoms with Crippen LogP contribution in [0.3, 0.4) is 0 Å². The molecule has 1 aromatic carbocycles. The van der Waals surface area contributed by atoms with Crippen molar-refractivity contribution in [1.29, 1.82) is 0 Å². The molecule has 1 aromatic rings. The lowest BCUT2D eigenvalue weighted by Gasteiger charge is -2.33. The van der Waals surface area contributed by atoms with Gasteiger partial charge in [-0.05, 0) is 24.1 Å². The van der Waals surface area contributed by atoms with Gasteiger partial charge in [0.15, 0.2) is 11.5 Å². The highest BCUT2D eigenvalue weighted by atomic mass is 16.6. The molecule has 5 heteroatoms. The van der Waals surface area contributed by atoms with Crippen LogP contribution in [0.5, 0.6) is 11.5 Å². The summed E-state index contributed by atoms with van der Waals surface area (Å²) in [6, 6.07) is 7.37. The van der Waals surface area contributed by atoms with Crippen LogP contribution in [0.4, 0.5) is 0 Å². The van der Waals surface area contributed by atoms with E-state index in [-0.39, 0.29) is 17.9 Å². The normalized spacial score (nSPS) is 17.7. The fraction of sp³-hybridized carbons (Fsp3) is 0.533. The Labute approximate surface area is 119 Å². The van der Waals surface area contributed by atoms with E-state index in [0.717, 1.165) is 0 Å². The van der Waals surface area contributed by atoms with Gasteiger partial charge in [-0.1, -0.05) is 26.0 Å². The van der Waals surface area contributed by atoms with E-state index in [9.17, 15) is 4.79 Å². The fourth-order valence-corrected chi connectivity index (χ4v) is 2.17. The van der Waals surface area contributed by atoms with Gasteiger partial charge in [-0.3, -0.25) is 4.79 Å². The summed E-state index contributed by atoms with van der Waals surface area (Å²) in [7, 11) is 1.77. The van der Waals surface area contributed by atoms with Gasteiger partial charge in [0.1, 0.15) is 6.61 Å². The number of fused-ring (bicyclic) bond motifs is 1. The first-order valence-electron chi connectivity index (χ1n) is 6.76. The van der Waals surface area contributed by atoms with Crippen molar-refractivity contribution in [2.75, 3.05) is 26.7 Å². The second-order valence-corrected chi connectivity index (χ2v) is 5.93. The number of hydrogen-bond acceptors (Lipinski definition) is 4. The maximum absolute atomic E-state index is 12.4. The van der Waals surface area contributed by atoms with Crippen LogP contribution in [0.2, 0.25) is 0 Å². The molecule has 0 radical (unpaired) electrons. The van der Waals surface area contributed by atoms with Crippen molar-refractivity contribution in [2.45, 2.75) is 20.0 Å². The van der Waals surface area contributed by atoms with Crippen LogP contribution in [0.25, 0.3) is 0 Å². The average Bonchev–Trinajstić information content (AvgIpc) is 2.45. The minimum Gasteiger partial charge on any atom is -0.485 e. The molecule has 0 fully saturated rings. The number of nitrogens with zero attached hydrogens (tertiary/aromatic N) is 1. The Balaban J connectivity index is 2.01. The van der Waals surface area contributed by atoms with E-state index in [1.54, 1.807) is 18.0 Å². The molecule has 0 spiro atoms. The first-order valence-corrected chi connectivity index (χ1v) is 6.76. The number of para-hydroxylation sites is 2. The summed E-state index contributed by atoms with van der Waals surface area (Å²) < 4.78 is 11.3. The molecule has 1 atom stereocenters. The van der Waals surface area contributed by atoms with Crippen molar-refractivity contribution in [3.63, 3.8) is 0 Å². The number of likely N-dealkylation sites (N-methyl/N-ethyl adjacent to an activating group) is 1. The SMILES string of the molecule is CN(CC(C)(C)CN)C(=O)C1COc2ccccc2O1. The minimum atomic E-state index is -0.594. The van der Waals surface area contributed by atoms with E-state index < -0.39 is 6.10 Å². The van der Waals surface area contributed by atoms with Gasteiger partial charge >= 0.3 is 0 Å². The number of amides is 1. The fourth-order valence-electron chi connectivity index (χ4n) is 2.17. The maximum Gasteiger partial charge on any atom is 0.267 e. The number of hydrogen-bond donors (Lipinski definition) is 1. The molecule has 110 valence electrons. The van der Waals surface area contributed by atoms with E-state index in [4.69, 9.17) is 15.2 Å². The molecule has 0 bridgehead atoms. The van der Waals surface area contributed by atoms with Gasteiger partial charge in [-0.2, -0.15) is 0 Å². The highest BCUT2D eigenvalue weighted by Crippen LogP contribution is 2.31. The van der Waals surface area contributed by atoms with Gasteiger partial charge in [-0.25, -0.2) is 0 Å². The quantitative estimate of drug-likeness (QED) is 0.901. The number of ether oxygens (including phenoxy) is 2. The summed E-state index contributed by atoms with van der Waals surface area (Å²) in [6.45, 7) is 5.41. The first kappa shape index (κ1) is 14.7. The Bertz CT molecular complexity index is 488. The zero-order valence-corrected chi connectivity index (χ0v) is 12.3. The van der Waals surface area contributed by atoms with Crippen LogP contribution in [0.1, 0.15) is 13.8 Å². The van der Waals surface area contributed by atoms with Crippen LogP contribution >= 0.6 is 0 Å². The molecule has 0 aliphatic carbocycles. The Morgan fingerprint density at radius 1 is 1.40 bits per heavy atom. The standard InChI is InChI=1S/C15H22N2O3/c1-15(2,9-16)10-17(3)14(18)13-8-19-11-6-4-5-7-12(11)20-13/h4-7,13H,8-10,16H2,1-3H3. The van der Waals surface area contributed by atoms with E-state index in [1.807, 2.05) is 32.0 Å². The molecule has 1 amide bonds. The topological polar surface area (TPSA) is 64.8 Å². The molecule has 0 aromatic heterocycles. The van der Waals surface area contributed by atoms with Crippen LogP contribution in [-0.2, 0) is 4.79 Å². The molecular weight excluding hydrogens is 256 g/mol. The predicted octanol–water partition coefficient (Wildman–Crippen LogP) is 1.27. The summed E-state index contributed by atoms with van der Waals surface area (Å²) in [5, 5.41) is 0. The molecule has 1 aliphatic heterocycles. The molecule has 0 saturated carbocycles. The second-order valence-electron chi connectivity index (χ2n) is 5.93. The van der Waals surface area contributed by atoms with Gasteiger partial charge in [0, 0.05) is 13.6 Å². The van der Waals surface area contributed by atoms with Crippen LogP contribution < -0.4 is 15.2 Å². The number of carbonyl (C=O) groups is 1. The van der Waals surface area contributed by atoms with Crippen LogP contribution in [0.15, 0.2) is 24.3 Å². The molecule has 1 unspecified atom stereocenters. The van der Waals surface area contributed by atoms with Crippen molar-refractivity contribution in [3.05, 3.63) is 24.3 Å². The van der Waals surface area contributed by atoms with Crippen molar-refractivity contribution in [2.24, 2.45) is 11.1 Å². The zero-order chi connectivity index (χ0) is 14.8. The minimum absolute atomic E-state index is 0.0824. The summed E-state index contributed by atoms with van der Waals surface area (Å²) >= 11 is 0. The number of rotatable bonds is 4. The van der Waals surface area contributed by atoms with Gasteiger partial charge in [0.05, 0.1) is 0 Å². The number of benzene rings is 1. The monoisotopic (exact) mass is 278 g/mol. The van der Waals surface area contributed by atoms with E-state index in [2.05, 4.69) is 0 Å². The number of carbonyl (C=O) groups excluding carboxylic acids is 1. The van der Waals surface area contributed by atoms with Crippen LogP contribution in [-0.4, -0.2) is 43.7 Å². The summed E-state index contributed by atoms with van der Waals surface area (Å²) in [6.07, 6.45) is -0.594. The molecular formula is C15H22N2O3. The van der Waals surface area contributed by atoms with Gasteiger partial charge in [-0.15, -0.1) is 0 Å². The second kappa shape index (κ2) is 5.71. The van der Waals surface area contributed by atoms with Gasteiger partial charge in [0.2, 0.25) is 6.10 Å². The van der Waals surface area contributed by atoms with Crippen molar-refractivity contribution in [3.8, 4) is 11.5 Å². The largest absolute Gasteiger partial charge is 0.485 e. The first-order chi connectivity index (χ1) is 9.43. The Morgan fingerprint density at radius 2 is 2.05 bits per heavy atom. The lowest BCUT2D eigenvalue weighted by atomic mass is 9.93. The third-order valence-electron chi connectivity index (χ3n) is 3.38. The van der Waals surface area contributed by atoms with Crippen molar-refractivity contribution < 1.29 is 14.3 Å². The van der Waals surface area contributed by atoms with Gasteiger partial charge < -0.3 is 20.1 Å². The third kappa shape index (κ3) is 3.22. The summed E-state index contributed by atoms with van der Waals surface area (Å²) in [5.74, 6) is 1.21. The molecule has 1 aliphatic rings. The third-order valence-corrected chi connectivity index (χ3v) is 3.38. The highest BCUT2D eigenvalue weighted by Gasteiger charge is 2.31. The Morgan fingerprint density at radius 3 is 2.70 bits per heavy atom. The maximum atomic E-state index is 12.4. The highest BCUT2D eigenvalue weighted by molar-refractivity contribution is 5.81. The molecule has 2 rings (SSSR count). The molecule has 2 N–H and O–H groups in total. The predicted molar refractivity (Wildman–Crippen MR) is 76.8 cm³/mol. The van der Waals surface area contributed by atoms with E-state index in [0.29, 0.717) is 24.6 Å². The molecule has 1 heterocycles. The molecule has 0 saturated heterocycles. The van der Waals surface area contributed by atoms with Crippen molar-refractivity contribution >= 4 is 5.91 Å². The molecule has 5 nitrogen and oxygen atoms in total. The molecule has 20 heavy (non-hydrogen) atoms. The lowest BCUT2D eigenvalue weighted by molar-refractivity contribution is -0.141. The average molecular weight is 278 g/mol. The van der Waals surface area contributed by atoms with Crippen LogP contribution in [0, 0.1) is 5.41 Å². The Hall–Kier alpha value is -1.75. The zero-order valence-electron chi connectivity index (χ0n) is 12.3. The van der Waals surface area contributed by atoms with Crippen molar-refractivity contribution in [1.82, 2.24) is 4.90 Å². The lowest BCUT2D eigenvalue weighted by Crippen LogP contribution is -2.48. The smallest absolute Gasteiger partial charge is 0.267 e. The Kier molecular flexibility index (Phi) is 4.18. The van der Waals surface area contributed by atoms with E-state index >= 15 is 0 Å². The summed E-state index contributed by atoms with van der Waals surface area (Å²) in [5.41, 5.74) is 5.59. The summed E-state index contributed by atoms with van der Waals surface area (Å²) in [4.78, 5) is 14.0. The van der Waals surface area contributed by atoms with E-state index in [1.165, 1.54) is 0 Å².